The molecular formula is C33H45N5O. The van der Waals surface area contributed by atoms with E-state index in [2.05, 4.69) is 114 Å². The average Bonchev–Trinajstić information content (AvgIpc) is 3.26. The quantitative estimate of drug-likeness (QED) is 0.113. The van der Waals surface area contributed by atoms with Gasteiger partial charge in [0.15, 0.2) is 11.8 Å². The van der Waals surface area contributed by atoms with Crippen LogP contribution >= 0.6 is 0 Å². The SMILES string of the molecule is CO[N-]c1ncnc2c1n(C/C=C(\C)CC/C=C(\C)CC/C=C(\C)CCC=C(C)C)c[n+]2Cc1ccccc1. The van der Waals surface area contributed by atoms with Crippen LogP contribution in [0, 0.1) is 0 Å². The molecule has 0 aliphatic carbocycles. The molecule has 208 valence electrons. The van der Waals surface area contributed by atoms with Crippen molar-refractivity contribution >= 4 is 17.0 Å². The molecule has 0 saturated heterocycles. The first-order chi connectivity index (χ1) is 18.9. The second-order valence-corrected chi connectivity index (χ2v) is 10.6. The topological polar surface area (TPSA) is 57.9 Å². The number of imidazole rings is 1. The van der Waals surface area contributed by atoms with Gasteiger partial charge < -0.3 is 15.3 Å². The lowest BCUT2D eigenvalue weighted by molar-refractivity contribution is -0.665. The molecule has 3 aromatic rings. The fourth-order valence-corrected chi connectivity index (χ4v) is 4.54. The molecular weight excluding hydrogens is 482 g/mol. The highest BCUT2D eigenvalue weighted by Crippen LogP contribution is 2.25. The van der Waals surface area contributed by atoms with Crippen LogP contribution < -0.4 is 4.57 Å². The van der Waals surface area contributed by atoms with Gasteiger partial charge in [0, 0.05) is 12.9 Å². The van der Waals surface area contributed by atoms with Crippen molar-refractivity contribution < 1.29 is 9.40 Å². The molecule has 1 aromatic carbocycles. The fourth-order valence-electron chi connectivity index (χ4n) is 4.54. The third-order valence-electron chi connectivity index (χ3n) is 6.79. The van der Waals surface area contributed by atoms with Crippen LogP contribution in [0.15, 0.2) is 89.6 Å². The van der Waals surface area contributed by atoms with Crippen LogP contribution in [0.25, 0.3) is 16.6 Å². The third kappa shape index (κ3) is 9.95. The summed E-state index contributed by atoms with van der Waals surface area (Å²) in [6.07, 6.45) is 19.7. The molecule has 0 saturated carbocycles. The highest BCUT2D eigenvalue weighted by molar-refractivity contribution is 5.81. The van der Waals surface area contributed by atoms with Crippen molar-refractivity contribution in [3.05, 3.63) is 101 Å². The largest absolute Gasteiger partial charge is 0.407 e. The number of allylic oxidation sites excluding steroid dienone is 8. The number of benzene rings is 1. The minimum Gasteiger partial charge on any atom is -0.407 e. The smallest absolute Gasteiger partial charge is 0.301 e. The van der Waals surface area contributed by atoms with Gasteiger partial charge in [-0.2, -0.15) is 0 Å². The average molecular weight is 528 g/mol. The van der Waals surface area contributed by atoms with Crippen molar-refractivity contribution in [1.29, 1.82) is 0 Å². The van der Waals surface area contributed by atoms with E-state index < -0.39 is 0 Å². The van der Waals surface area contributed by atoms with E-state index in [4.69, 9.17) is 4.84 Å². The van der Waals surface area contributed by atoms with Gasteiger partial charge in [-0.15, -0.1) is 4.98 Å². The van der Waals surface area contributed by atoms with Gasteiger partial charge in [0.05, 0.1) is 19.4 Å². The van der Waals surface area contributed by atoms with Crippen LogP contribution in [0.2, 0.25) is 0 Å². The second kappa shape index (κ2) is 15.8. The van der Waals surface area contributed by atoms with E-state index in [0.717, 1.165) is 62.8 Å². The molecule has 0 unspecified atom stereocenters. The van der Waals surface area contributed by atoms with Crippen molar-refractivity contribution in [2.45, 2.75) is 86.2 Å². The normalized spacial score (nSPS) is 12.7. The summed E-state index contributed by atoms with van der Waals surface area (Å²) in [6, 6.07) is 10.4. The third-order valence-corrected chi connectivity index (χ3v) is 6.79. The molecule has 0 amide bonds. The molecule has 39 heavy (non-hydrogen) atoms. The number of nitrogens with zero attached hydrogens (tertiary/aromatic N) is 5. The first-order valence-electron chi connectivity index (χ1n) is 14.0. The molecule has 0 aliphatic heterocycles. The Labute approximate surface area is 234 Å². The van der Waals surface area contributed by atoms with Crippen molar-refractivity contribution in [2.24, 2.45) is 0 Å². The lowest BCUT2D eigenvalue weighted by atomic mass is 10.0. The Morgan fingerprint density at radius 3 is 2.08 bits per heavy atom. The van der Waals surface area contributed by atoms with Crippen LogP contribution in [-0.4, -0.2) is 21.6 Å². The summed E-state index contributed by atoms with van der Waals surface area (Å²) in [5.41, 5.74) is 12.8. The molecule has 3 rings (SSSR count). The van der Waals surface area contributed by atoms with E-state index in [9.17, 15) is 0 Å². The number of hydrogen-bond donors (Lipinski definition) is 0. The lowest BCUT2D eigenvalue weighted by Gasteiger charge is -2.11. The van der Waals surface area contributed by atoms with Crippen LogP contribution in [0.4, 0.5) is 5.82 Å². The monoisotopic (exact) mass is 527 g/mol. The summed E-state index contributed by atoms with van der Waals surface area (Å²) in [6.45, 7) is 12.5. The van der Waals surface area contributed by atoms with Crippen molar-refractivity contribution in [1.82, 2.24) is 14.5 Å². The van der Waals surface area contributed by atoms with Gasteiger partial charge in [-0.1, -0.05) is 76.9 Å². The molecule has 6 heteroatoms. The van der Waals surface area contributed by atoms with Gasteiger partial charge in [0.1, 0.15) is 0 Å². The molecule has 0 fully saturated rings. The van der Waals surface area contributed by atoms with Gasteiger partial charge in [-0.25, -0.2) is 4.57 Å². The molecule has 0 atom stereocenters. The predicted molar refractivity (Wildman–Crippen MR) is 162 cm³/mol. The number of rotatable bonds is 15. The van der Waals surface area contributed by atoms with E-state index >= 15 is 0 Å². The Morgan fingerprint density at radius 1 is 0.846 bits per heavy atom. The maximum atomic E-state index is 5.07. The first-order valence-corrected chi connectivity index (χ1v) is 14.0. The number of aromatic nitrogens is 4. The zero-order valence-electron chi connectivity index (χ0n) is 24.7. The number of fused-ring (bicyclic) bond motifs is 1. The standard InChI is InChI=1S/C33H45N5O/c1-26(2)13-10-14-27(3)15-11-16-28(4)17-12-18-29(5)21-22-37-25-38(23-30-19-8-7-9-20-30)33-31(37)32(36-39-6)34-24-35-33/h7-9,13,15,17,19-21,24-25H,10-12,14,16,18,22-23H2,1-6H3/b27-15+,28-17+,29-21+. The molecule has 0 radical (unpaired) electrons. The summed E-state index contributed by atoms with van der Waals surface area (Å²) in [5.74, 6) is 0.542. The minimum atomic E-state index is 0.542. The Bertz CT molecular complexity index is 1310. The summed E-state index contributed by atoms with van der Waals surface area (Å²) < 4.78 is 4.31. The molecule has 0 N–H and O–H groups in total. The lowest BCUT2D eigenvalue weighted by Crippen LogP contribution is -2.33. The highest BCUT2D eigenvalue weighted by atomic mass is 16.6. The van der Waals surface area contributed by atoms with Crippen molar-refractivity contribution in [2.75, 3.05) is 7.11 Å². The molecule has 0 aliphatic rings. The molecule has 0 spiro atoms. The van der Waals surface area contributed by atoms with Crippen LogP contribution in [0.1, 0.15) is 78.7 Å². The fraction of sp³-hybridized carbons (Fsp3) is 0.424. The second-order valence-electron chi connectivity index (χ2n) is 10.6. The van der Waals surface area contributed by atoms with Gasteiger partial charge in [0.25, 0.3) is 0 Å². The predicted octanol–water partition coefficient (Wildman–Crippen LogP) is 8.48. The molecule has 0 bridgehead atoms. The van der Waals surface area contributed by atoms with Crippen molar-refractivity contribution in [3.63, 3.8) is 0 Å². The summed E-state index contributed by atoms with van der Waals surface area (Å²) in [7, 11) is 1.54. The highest BCUT2D eigenvalue weighted by Gasteiger charge is 2.17. The van der Waals surface area contributed by atoms with E-state index in [1.165, 1.54) is 27.9 Å². The van der Waals surface area contributed by atoms with E-state index in [0.29, 0.717) is 5.82 Å². The van der Waals surface area contributed by atoms with E-state index in [1.54, 1.807) is 13.4 Å². The van der Waals surface area contributed by atoms with Gasteiger partial charge in [-0.05, 0) is 78.7 Å². The van der Waals surface area contributed by atoms with E-state index in [1.807, 2.05) is 6.07 Å². The van der Waals surface area contributed by atoms with Gasteiger partial charge >= 0.3 is 5.65 Å². The zero-order valence-corrected chi connectivity index (χ0v) is 24.7. The minimum absolute atomic E-state index is 0.542. The Morgan fingerprint density at radius 2 is 1.46 bits per heavy atom. The van der Waals surface area contributed by atoms with Gasteiger partial charge in [-0.3, -0.25) is 4.57 Å². The Kier molecular flexibility index (Phi) is 12.2. The van der Waals surface area contributed by atoms with E-state index in [-0.39, 0.29) is 0 Å². The number of hydrogen-bond acceptors (Lipinski definition) is 3. The maximum Gasteiger partial charge on any atom is 0.301 e. The first kappa shape index (κ1) is 30.0. The Balaban J connectivity index is 1.60. The van der Waals surface area contributed by atoms with Gasteiger partial charge in [0.2, 0.25) is 0 Å². The zero-order chi connectivity index (χ0) is 28.0. The van der Waals surface area contributed by atoms with Crippen LogP contribution in [0.3, 0.4) is 0 Å². The Hall–Kier alpha value is -3.51. The van der Waals surface area contributed by atoms with Crippen LogP contribution in [0.5, 0.6) is 0 Å². The maximum absolute atomic E-state index is 5.07. The molecule has 6 nitrogen and oxygen atoms in total. The van der Waals surface area contributed by atoms with Crippen molar-refractivity contribution in [3.8, 4) is 0 Å². The summed E-state index contributed by atoms with van der Waals surface area (Å²) in [4.78, 5) is 14.0. The summed E-state index contributed by atoms with van der Waals surface area (Å²) in [5, 5.41) is 0. The molecule has 2 heterocycles. The molecule has 2 aromatic heterocycles. The van der Waals surface area contributed by atoms with Crippen LogP contribution in [-0.2, 0) is 17.9 Å². The summed E-state index contributed by atoms with van der Waals surface area (Å²) >= 11 is 0.